The molecule has 0 heterocycles. The largest absolute Gasteiger partial charge is 0.484 e. The van der Waals surface area contributed by atoms with Gasteiger partial charge in [0.05, 0.1) is 0 Å². The molecule has 2 amide bonds. The third kappa shape index (κ3) is 6.56. The molecule has 4 rings (SSSR count). The van der Waals surface area contributed by atoms with Crippen molar-refractivity contribution in [3.05, 3.63) is 107 Å². The molecule has 0 atom stereocenters. The maximum absolute atomic E-state index is 12.6. The number of carbonyl (C=O) groups is 2. The first-order valence-electron chi connectivity index (χ1n) is 10.7. The molecule has 35 heavy (non-hydrogen) atoms. The predicted octanol–water partition coefficient (Wildman–Crippen LogP) is 6.17. The molecule has 0 saturated heterocycles. The second kappa shape index (κ2) is 11.1. The van der Waals surface area contributed by atoms with Crippen molar-refractivity contribution < 1.29 is 14.3 Å². The normalized spacial score (nSPS) is 10.9. The standard InChI is InChI=1S/C28H20BrN3O3/c29-23-8-11-24(12-9-23)31-27(33)18-35-26-13-5-19(6-14-26)15-22(17-30)28(34)32-25-10-7-20-3-1-2-4-21(20)16-25/h1-16H,18H2,(H,31,33)(H,32,34)/b22-15+. The monoisotopic (exact) mass is 525 g/mol. The number of halogens is 1. The van der Waals surface area contributed by atoms with E-state index in [-0.39, 0.29) is 18.1 Å². The highest BCUT2D eigenvalue weighted by Crippen LogP contribution is 2.20. The fourth-order valence-electron chi connectivity index (χ4n) is 3.32. The number of amides is 2. The number of carbonyl (C=O) groups excluding carboxylic acids is 2. The summed E-state index contributed by atoms with van der Waals surface area (Å²) >= 11 is 3.35. The van der Waals surface area contributed by atoms with Crippen molar-refractivity contribution in [2.24, 2.45) is 0 Å². The van der Waals surface area contributed by atoms with Crippen molar-refractivity contribution >= 4 is 56.0 Å². The molecule has 4 aromatic carbocycles. The lowest BCUT2D eigenvalue weighted by Crippen LogP contribution is -2.20. The van der Waals surface area contributed by atoms with E-state index in [0.29, 0.717) is 22.7 Å². The number of nitrogens with one attached hydrogen (secondary N) is 2. The number of hydrogen-bond acceptors (Lipinski definition) is 4. The molecule has 0 unspecified atom stereocenters. The highest BCUT2D eigenvalue weighted by molar-refractivity contribution is 9.10. The van der Waals surface area contributed by atoms with Gasteiger partial charge in [0, 0.05) is 15.8 Å². The fraction of sp³-hybridized carbons (Fsp3) is 0.0357. The number of hydrogen-bond donors (Lipinski definition) is 2. The molecule has 4 aromatic rings. The van der Waals surface area contributed by atoms with Crippen molar-refractivity contribution in [1.82, 2.24) is 0 Å². The molecule has 0 saturated carbocycles. The number of nitrogens with zero attached hydrogens (tertiary/aromatic N) is 1. The second-order valence-corrected chi connectivity index (χ2v) is 8.51. The number of benzene rings is 4. The smallest absolute Gasteiger partial charge is 0.266 e. The van der Waals surface area contributed by atoms with Gasteiger partial charge in [-0.3, -0.25) is 9.59 Å². The Morgan fingerprint density at radius 1 is 0.857 bits per heavy atom. The SMILES string of the molecule is N#C/C(=C\c1ccc(OCC(=O)Nc2ccc(Br)cc2)cc1)C(=O)Nc1ccc2ccccc2c1. The zero-order valence-electron chi connectivity index (χ0n) is 18.5. The molecule has 0 bridgehead atoms. The average molecular weight is 526 g/mol. The average Bonchev–Trinajstić information content (AvgIpc) is 2.88. The second-order valence-electron chi connectivity index (χ2n) is 7.60. The van der Waals surface area contributed by atoms with Gasteiger partial charge in [-0.2, -0.15) is 5.26 Å². The quantitative estimate of drug-likeness (QED) is 0.223. The molecule has 0 radical (unpaired) electrons. The van der Waals surface area contributed by atoms with Crippen LogP contribution in [0.3, 0.4) is 0 Å². The third-order valence-electron chi connectivity index (χ3n) is 5.06. The van der Waals surface area contributed by atoms with E-state index in [0.717, 1.165) is 15.2 Å². The predicted molar refractivity (Wildman–Crippen MR) is 141 cm³/mol. The summed E-state index contributed by atoms with van der Waals surface area (Å²) in [5.74, 6) is -0.284. The minimum absolute atomic E-state index is 0.0271. The highest BCUT2D eigenvalue weighted by Gasteiger charge is 2.10. The molecule has 7 heteroatoms. The Bertz CT molecular complexity index is 1440. The Hall–Kier alpha value is -4.41. The third-order valence-corrected chi connectivity index (χ3v) is 5.59. The van der Waals surface area contributed by atoms with Gasteiger partial charge < -0.3 is 15.4 Å². The molecule has 0 aliphatic heterocycles. The molecular weight excluding hydrogens is 506 g/mol. The summed E-state index contributed by atoms with van der Waals surface area (Å²) in [6.07, 6.45) is 1.50. The molecule has 0 aliphatic carbocycles. The van der Waals surface area contributed by atoms with E-state index in [1.165, 1.54) is 6.08 Å². The summed E-state index contributed by atoms with van der Waals surface area (Å²) in [5, 5.41) is 17.1. The van der Waals surface area contributed by atoms with Gasteiger partial charge in [0.2, 0.25) is 0 Å². The van der Waals surface area contributed by atoms with Crippen LogP contribution >= 0.6 is 15.9 Å². The Balaban J connectivity index is 1.35. The Labute approximate surface area is 211 Å². The first-order valence-corrected chi connectivity index (χ1v) is 11.5. The van der Waals surface area contributed by atoms with Gasteiger partial charge in [0.15, 0.2) is 6.61 Å². The van der Waals surface area contributed by atoms with E-state index in [1.807, 2.05) is 54.6 Å². The van der Waals surface area contributed by atoms with Crippen LogP contribution in [0.1, 0.15) is 5.56 Å². The van der Waals surface area contributed by atoms with Crippen LogP contribution in [-0.2, 0) is 9.59 Å². The lowest BCUT2D eigenvalue weighted by molar-refractivity contribution is -0.118. The van der Waals surface area contributed by atoms with Crippen LogP contribution in [0.25, 0.3) is 16.8 Å². The zero-order valence-corrected chi connectivity index (χ0v) is 20.1. The summed E-state index contributed by atoms with van der Waals surface area (Å²) < 4.78 is 6.45. The van der Waals surface area contributed by atoms with Crippen LogP contribution < -0.4 is 15.4 Å². The van der Waals surface area contributed by atoms with Gasteiger partial charge in [-0.1, -0.05) is 58.4 Å². The molecule has 6 nitrogen and oxygen atoms in total. The van der Waals surface area contributed by atoms with Gasteiger partial charge in [-0.25, -0.2) is 0 Å². The van der Waals surface area contributed by atoms with Gasteiger partial charge in [-0.15, -0.1) is 0 Å². The van der Waals surface area contributed by atoms with Crippen molar-refractivity contribution in [2.75, 3.05) is 17.2 Å². The van der Waals surface area contributed by atoms with Gasteiger partial charge in [0.1, 0.15) is 17.4 Å². The summed E-state index contributed by atoms with van der Waals surface area (Å²) in [6, 6.07) is 29.4. The minimum atomic E-state index is -0.493. The number of ether oxygens (including phenoxy) is 1. The minimum Gasteiger partial charge on any atom is -0.484 e. The van der Waals surface area contributed by atoms with Crippen molar-refractivity contribution in [3.63, 3.8) is 0 Å². The van der Waals surface area contributed by atoms with Crippen molar-refractivity contribution in [3.8, 4) is 11.8 Å². The van der Waals surface area contributed by atoms with Crippen LogP contribution in [0, 0.1) is 11.3 Å². The summed E-state index contributed by atoms with van der Waals surface area (Å²) in [4.78, 5) is 24.7. The van der Waals surface area contributed by atoms with Gasteiger partial charge >= 0.3 is 0 Å². The van der Waals surface area contributed by atoms with E-state index in [1.54, 1.807) is 42.5 Å². The molecule has 0 aliphatic rings. The molecule has 0 spiro atoms. The topological polar surface area (TPSA) is 91.2 Å². The van der Waals surface area contributed by atoms with E-state index < -0.39 is 5.91 Å². The van der Waals surface area contributed by atoms with Gasteiger partial charge in [0.25, 0.3) is 11.8 Å². The fourth-order valence-corrected chi connectivity index (χ4v) is 3.58. The number of nitriles is 1. The number of rotatable bonds is 7. The van der Waals surface area contributed by atoms with E-state index in [2.05, 4.69) is 26.6 Å². The van der Waals surface area contributed by atoms with Crippen molar-refractivity contribution in [2.45, 2.75) is 0 Å². The Morgan fingerprint density at radius 3 is 2.26 bits per heavy atom. The Kier molecular flexibility index (Phi) is 7.56. The molecule has 0 aromatic heterocycles. The van der Waals surface area contributed by atoms with Crippen LogP contribution in [0.15, 0.2) is 101 Å². The lowest BCUT2D eigenvalue weighted by Gasteiger charge is -2.08. The first-order chi connectivity index (χ1) is 17.0. The summed E-state index contributed by atoms with van der Waals surface area (Å²) in [6.45, 7) is -0.150. The van der Waals surface area contributed by atoms with Crippen LogP contribution in [-0.4, -0.2) is 18.4 Å². The molecule has 172 valence electrons. The summed E-state index contributed by atoms with van der Waals surface area (Å²) in [5.41, 5.74) is 1.91. The number of anilines is 2. The van der Waals surface area contributed by atoms with E-state index >= 15 is 0 Å². The Morgan fingerprint density at radius 2 is 1.54 bits per heavy atom. The zero-order chi connectivity index (χ0) is 24.6. The highest BCUT2D eigenvalue weighted by atomic mass is 79.9. The van der Waals surface area contributed by atoms with Gasteiger partial charge in [-0.05, 0) is 70.9 Å². The first kappa shape index (κ1) is 23.7. The van der Waals surface area contributed by atoms with Crippen LogP contribution in [0.5, 0.6) is 5.75 Å². The molecule has 2 N–H and O–H groups in total. The van der Waals surface area contributed by atoms with E-state index in [9.17, 15) is 14.9 Å². The maximum atomic E-state index is 12.6. The van der Waals surface area contributed by atoms with Crippen LogP contribution in [0.4, 0.5) is 11.4 Å². The van der Waals surface area contributed by atoms with Crippen molar-refractivity contribution in [1.29, 1.82) is 5.26 Å². The maximum Gasteiger partial charge on any atom is 0.266 e. The molecule has 0 fully saturated rings. The summed E-state index contributed by atoms with van der Waals surface area (Å²) in [7, 11) is 0. The lowest BCUT2D eigenvalue weighted by atomic mass is 10.1. The van der Waals surface area contributed by atoms with Crippen LogP contribution in [0.2, 0.25) is 0 Å². The number of fused-ring (bicyclic) bond motifs is 1. The molecular formula is C28H20BrN3O3. The van der Waals surface area contributed by atoms with E-state index in [4.69, 9.17) is 4.74 Å².